The van der Waals surface area contributed by atoms with Crippen molar-refractivity contribution in [1.29, 1.82) is 0 Å². The summed E-state index contributed by atoms with van der Waals surface area (Å²) in [6.45, 7) is 0. The van der Waals surface area contributed by atoms with E-state index < -0.39 is 11.9 Å². The fraction of sp³-hybridized carbons (Fsp3) is 0.0769. The molecule has 0 spiro atoms. The highest BCUT2D eigenvalue weighted by molar-refractivity contribution is 5.72. The van der Waals surface area contributed by atoms with Gasteiger partial charge in [0, 0.05) is 11.4 Å². The number of benzene rings is 1. The lowest BCUT2D eigenvalue weighted by molar-refractivity contribution is -0.141. The lowest BCUT2D eigenvalue weighted by atomic mass is 10.2. The molecule has 1 aromatic heterocycles. The zero-order valence-electron chi connectivity index (χ0n) is 10.1. The molecule has 2 aromatic rings. The van der Waals surface area contributed by atoms with Crippen LogP contribution in [-0.4, -0.2) is 11.4 Å². The molecule has 0 fully saturated rings. The summed E-state index contributed by atoms with van der Waals surface area (Å²) in [6.07, 6.45) is -2.77. The van der Waals surface area contributed by atoms with Crippen LogP contribution in [-0.2, 0) is 11.0 Å². The van der Waals surface area contributed by atoms with Crippen LogP contribution in [0.15, 0.2) is 42.6 Å². The predicted molar refractivity (Wildman–Crippen MR) is 68.7 cm³/mol. The van der Waals surface area contributed by atoms with Crippen molar-refractivity contribution in [2.45, 2.75) is 6.18 Å². The Balaban J connectivity index is 2.08. The molecule has 7 heteroatoms. The summed E-state index contributed by atoms with van der Waals surface area (Å²) in [5.41, 5.74) is 0.793. The number of amides is 1. The molecule has 0 aliphatic carbocycles. The van der Waals surface area contributed by atoms with Crippen molar-refractivity contribution >= 4 is 23.5 Å². The van der Waals surface area contributed by atoms with Crippen molar-refractivity contribution in [2.24, 2.45) is 0 Å². The summed E-state index contributed by atoms with van der Waals surface area (Å²) in [4.78, 5) is 13.6. The third kappa shape index (κ3) is 3.47. The first kappa shape index (κ1) is 13.9. The Morgan fingerprint density at radius 2 is 1.55 bits per heavy atom. The molecule has 0 aliphatic rings. The number of alkyl halides is 3. The molecule has 0 atom stereocenters. The maximum absolute atomic E-state index is 12.3. The summed E-state index contributed by atoms with van der Waals surface area (Å²) in [5, 5.41) is 5.38. The number of pyridine rings is 1. The number of nitrogens with one attached hydrogen (secondary N) is 2. The first-order valence-electron chi connectivity index (χ1n) is 5.59. The van der Waals surface area contributed by atoms with Crippen molar-refractivity contribution in [1.82, 2.24) is 4.98 Å². The van der Waals surface area contributed by atoms with Crippen molar-refractivity contribution in [3.63, 3.8) is 0 Å². The summed E-state index contributed by atoms with van der Waals surface area (Å²) in [7, 11) is 0. The minimum atomic E-state index is -4.44. The van der Waals surface area contributed by atoms with E-state index in [9.17, 15) is 18.0 Å². The highest BCUT2D eigenvalue weighted by atomic mass is 19.4. The number of halogens is 3. The molecule has 104 valence electrons. The molecule has 1 aromatic carbocycles. The van der Waals surface area contributed by atoms with E-state index >= 15 is 0 Å². The Hall–Kier alpha value is -2.57. The zero-order chi connectivity index (χ0) is 14.6. The number of nitrogens with zero attached hydrogens (tertiary/aromatic N) is 1. The first-order chi connectivity index (χ1) is 9.49. The normalized spacial score (nSPS) is 10.9. The van der Waals surface area contributed by atoms with Gasteiger partial charge in [-0.1, -0.05) is 0 Å². The molecule has 0 radical (unpaired) electrons. The second kappa shape index (κ2) is 5.60. The number of rotatable bonds is 4. The molecule has 0 unspecified atom stereocenters. The van der Waals surface area contributed by atoms with Crippen LogP contribution in [0.25, 0.3) is 0 Å². The van der Waals surface area contributed by atoms with Crippen LogP contribution in [0.3, 0.4) is 0 Å². The molecule has 1 amide bonds. The van der Waals surface area contributed by atoms with Gasteiger partial charge in [-0.05, 0) is 36.4 Å². The molecule has 4 nitrogen and oxygen atoms in total. The van der Waals surface area contributed by atoms with Crippen LogP contribution in [0.2, 0.25) is 0 Å². The number of aromatic nitrogens is 1. The Labute approximate surface area is 112 Å². The number of hydrogen-bond acceptors (Lipinski definition) is 3. The monoisotopic (exact) mass is 281 g/mol. The van der Waals surface area contributed by atoms with Crippen LogP contribution in [0.4, 0.5) is 30.2 Å². The van der Waals surface area contributed by atoms with Crippen LogP contribution >= 0.6 is 0 Å². The average Bonchev–Trinajstić information content (AvgIpc) is 2.41. The van der Waals surface area contributed by atoms with E-state index in [0.29, 0.717) is 23.5 Å². The predicted octanol–water partition coefficient (Wildman–Crippen LogP) is 3.41. The van der Waals surface area contributed by atoms with E-state index in [-0.39, 0.29) is 0 Å². The number of hydrogen-bond donors (Lipinski definition) is 2. The Morgan fingerprint density at radius 1 is 0.950 bits per heavy atom. The van der Waals surface area contributed by atoms with Gasteiger partial charge < -0.3 is 10.6 Å². The highest BCUT2D eigenvalue weighted by Crippen LogP contribution is 2.28. The second-order valence-electron chi connectivity index (χ2n) is 3.89. The van der Waals surface area contributed by atoms with Crippen LogP contribution in [0, 0.1) is 0 Å². The SMILES string of the molecule is O=CNc1ccc(Nc2ccc(C(F)(F)F)nc2)cc1. The fourth-order valence-electron chi connectivity index (χ4n) is 1.52. The van der Waals surface area contributed by atoms with Gasteiger partial charge in [-0.2, -0.15) is 13.2 Å². The molecule has 0 bridgehead atoms. The van der Waals surface area contributed by atoms with Gasteiger partial charge in [-0.25, -0.2) is 4.98 Å². The summed E-state index contributed by atoms with van der Waals surface area (Å²) in [6, 6.07) is 8.90. The van der Waals surface area contributed by atoms with Gasteiger partial charge >= 0.3 is 6.18 Å². The summed E-state index contributed by atoms with van der Waals surface area (Å²) < 4.78 is 37.0. The standard InChI is InChI=1S/C13H10F3N3O/c14-13(15,16)12-6-5-11(7-17-12)19-10-3-1-9(2-4-10)18-8-20/h1-8,19H,(H,18,20). The van der Waals surface area contributed by atoms with E-state index in [1.165, 1.54) is 6.07 Å². The highest BCUT2D eigenvalue weighted by Gasteiger charge is 2.31. The molecule has 0 saturated carbocycles. The maximum Gasteiger partial charge on any atom is 0.433 e. The van der Waals surface area contributed by atoms with E-state index in [4.69, 9.17) is 0 Å². The van der Waals surface area contributed by atoms with Crippen LogP contribution in [0.5, 0.6) is 0 Å². The molecule has 20 heavy (non-hydrogen) atoms. The number of carbonyl (C=O) groups is 1. The third-order valence-electron chi connectivity index (χ3n) is 2.45. The fourth-order valence-corrected chi connectivity index (χ4v) is 1.52. The molecular weight excluding hydrogens is 271 g/mol. The summed E-state index contributed by atoms with van der Waals surface area (Å²) >= 11 is 0. The minimum Gasteiger partial charge on any atom is -0.354 e. The second-order valence-corrected chi connectivity index (χ2v) is 3.89. The number of carbonyl (C=O) groups excluding carboxylic acids is 1. The van der Waals surface area contributed by atoms with Crippen molar-refractivity contribution in [2.75, 3.05) is 10.6 Å². The molecule has 0 saturated heterocycles. The molecule has 1 heterocycles. The van der Waals surface area contributed by atoms with Crippen LogP contribution in [0.1, 0.15) is 5.69 Å². The number of anilines is 3. The third-order valence-corrected chi connectivity index (χ3v) is 2.45. The lowest BCUT2D eigenvalue weighted by Crippen LogP contribution is -2.07. The lowest BCUT2D eigenvalue weighted by Gasteiger charge is -2.09. The van der Waals surface area contributed by atoms with Gasteiger partial charge in [-0.15, -0.1) is 0 Å². The first-order valence-corrected chi connectivity index (χ1v) is 5.59. The van der Waals surface area contributed by atoms with Crippen LogP contribution < -0.4 is 10.6 Å². The Kier molecular flexibility index (Phi) is 3.88. The minimum absolute atomic E-state index is 0.439. The Morgan fingerprint density at radius 3 is 2.05 bits per heavy atom. The quantitative estimate of drug-likeness (QED) is 0.844. The van der Waals surface area contributed by atoms with Gasteiger partial charge in [0.15, 0.2) is 0 Å². The van der Waals surface area contributed by atoms with Gasteiger partial charge in [-0.3, -0.25) is 4.79 Å². The van der Waals surface area contributed by atoms with Gasteiger partial charge in [0.1, 0.15) is 5.69 Å². The van der Waals surface area contributed by atoms with E-state index in [1.807, 2.05) is 0 Å². The summed E-state index contributed by atoms with van der Waals surface area (Å²) in [5.74, 6) is 0. The van der Waals surface area contributed by atoms with Crippen molar-refractivity contribution < 1.29 is 18.0 Å². The molecular formula is C13H10F3N3O. The zero-order valence-corrected chi connectivity index (χ0v) is 10.1. The van der Waals surface area contributed by atoms with E-state index in [1.54, 1.807) is 24.3 Å². The smallest absolute Gasteiger partial charge is 0.354 e. The van der Waals surface area contributed by atoms with Gasteiger partial charge in [0.2, 0.25) is 6.41 Å². The van der Waals surface area contributed by atoms with E-state index in [2.05, 4.69) is 15.6 Å². The average molecular weight is 281 g/mol. The van der Waals surface area contributed by atoms with Gasteiger partial charge in [0.05, 0.1) is 11.9 Å². The molecule has 2 rings (SSSR count). The molecule has 0 aliphatic heterocycles. The molecule has 2 N–H and O–H groups in total. The van der Waals surface area contributed by atoms with Gasteiger partial charge in [0.25, 0.3) is 0 Å². The topological polar surface area (TPSA) is 54.0 Å². The van der Waals surface area contributed by atoms with E-state index in [0.717, 1.165) is 12.3 Å². The maximum atomic E-state index is 12.3. The largest absolute Gasteiger partial charge is 0.433 e. The van der Waals surface area contributed by atoms with Crippen molar-refractivity contribution in [3.05, 3.63) is 48.3 Å². The Bertz CT molecular complexity index is 579. The van der Waals surface area contributed by atoms with Crippen molar-refractivity contribution in [3.8, 4) is 0 Å².